The van der Waals surface area contributed by atoms with Crippen LogP contribution in [0.3, 0.4) is 0 Å². The number of nitrogen functional groups attached to an aromatic ring is 1. The molecular formula is C13H11FN4. The summed E-state index contributed by atoms with van der Waals surface area (Å²) in [5.74, 6) is 0.266. The summed E-state index contributed by atoms with van der Waals surface area (Å²) in [6.07, 6.45) is 0. The molecule has 0 amide bonds. The van der Waals surface area contributed by atoms with Crippen LogP contribution in [0.5, 0.6) is 0 Å². The van der Waals surface area contributed by atoms with E-state index in [1.165, 1.54) is 12.1 Å². The molecule has 5 heteroatoms. The first-order chi connectivity index (χ1) is 8.63. The maximum Gasteiger partial charge on any atom is 0.158 e. The Morgan fingerprint density at radius 2 is 1.89 bits per heavy atom. The molecule has 0 aliphatic carbocycles. The summed E-state index contributed by atoms with van der Waals surface area (Å²) < 4.78 is 14.4. The van der Waals surface area contributed by atoms with Gasteiger partial charge >= 0.3 is 0 Å². The number of fused-ring (bicyclic) bond motifs is 1. The molecule has 0 saturated heterocycles. The summed E-state index contributed by atoms with van der Waals surface area (Å²) in [4.78, 5) is 4.35. The van der Waals surface area contributed by atoms with Gasteiger partial charge in [-0.2, -0.15) is 9.61 Å². The molecule has 2 aromatic heterocycles. The molecule has 0 aliphatic rings. The van der Waals surface area contributed by atoms with Crippen LogP contribution in [0, 0.1) is 12.7 Å². The molecule has 3 aromatic rings. The van der Waals surface area contributed by atoms with Crippen LogP contribution in [-0.2, 0) is 0 Å². The Hall–Kier alpha value is -2.43. The van der Waals surface area contributed by atoms with E-state index in [0.717, 1.165) is 17.0 Å². The van der Waals surface area contributed by atoms with Gasteiger partial charge < -0.3 is 5.73 Å². The highest BCUT2D eigenvalue weighted by molar-refractivity contribution is 5.65. The standard InChI is InChI=1S/C13H11FN4/c1-8-6-12(15)18-13(16-8)7-11(17-18)9-2-4-10(14)5-3-9/h2-7H,15H2,1H3. The zero-order chi connectivity index (χ0) is 12.7. The van der Waals surface area contributed by atoms with Gasteiger partial charge in [0.2, 0.25) is 0 Å². The monoisotopic (exact) mass is 242 g/mol. The van der Waals surface area contributed by atoms with Crippen LogP contribution in [-0.4, -0.2) is 14.6 Å². The maximum atomic E-state index is 12.9. The van der Waals surface area contributed by atoms with E-state index in [2.05, 4.69) is 10.1 Å². The van der Waals surface area contributed by atoms with Gasteiger partial charge in [0.1, 0.15) is 11.6 Å². The first-order valence-corrected chi connectivity index (χ1v) is 5.52. The third kappa shape index (κ3) is 1.69. The fourth-order valence-electron chi connectivity index (χ4n) is 1.89. The van der Waals surface area contributed by atoms with Crippen LogP contribution < -0.4 is 5.73 Å². The number of benzene rings is 1. The van der Waals surface area contributed by atoms with Gasteiger partial charge in [0.15, 0.2) is 5.65 Å². The van der Waals surface area contributed by atoms with Crippen molar-refractivity contribution in [2.24, 2.45) is 0 Å². The molecule has 18 heavy (non-hydrogen) atoms. The lowest BCUT2D eigenvalue weighted by atomic mass is 10.1. The minimum Gasteiger partial charge on any atom is -0.384 e. The van der Waals surface area contributed by atoms with Gasteiger partial charge in [0.25, 0.3) is 0 Å². The molecule has 0 aliphatic heterocycles. The quantitative estimate of drug-likeness (QED) is 0.713. The third-order valence-electron chi connectivity index (χ3n) is 2.72. The minimum absolute atomic E-state index is 0.268. The predicted molar refractivity (Wildman–Crippen MR) is 67.5 cm³/mol. The molecule has 0 fully saturated rings. The second kappa shape index (κ2) is 3.80. The number of hydrogen-bond donors (Lipinski definition) is 1. The summed E-state index contributed by atoms with van der Waals surface area (Å²) in [5, 5.41) is 4.36. The molecule has 1 aromatic carbocycles. The number of aromatic nitrogens is 3. The van der Waals surface area contributed by atoms with Gasteiger partial charge in [-0.3, -0.25) is 0 Å². The van der Waals surface area contributed by atoms with Crippen molar-refractivity contribution in [2.75, 3.05) is 5.73 Å². The summed E-state index contributed by atoms with van der Waals surface area (Å²) in [7, 11) is 0. The normalized spacial score (nSPS) is 11.0. The molecule has 90 valence electrons. The first kappa shape index (κ1) is 10.7. The van der Waals surface area contributed by atoms with Gasteiger partial charge in [-0.15, -0.1) is 0 Å². The van der Waals surface area contributed by atoms with E-state index in [0.29, 0.717) is 11.5 Å². The summed E-state index contributed by atoms with van der Waals surface area (Å²) >= 11 is 0. The van der Waals surface area contributed by atoms with Gasteiger partial charge in [-0.1, -0.05) is 0 Å². The smallest absolute Gasteiger partial charge is 0.158 e. The number of aryl methyl sites for hydroxylation is 1. The lowest BCUT2D eigenvalue weighted by Crippen LogP contribution is -2.00. The van der Waals surface area contributed by atoms with Crippen molar-refractivity contribution in [3.8, 4) is 11.3 Å². The van der Waals surface area contributed by atoms with Crippen molar-refractivity contribution in [2.45, 2.75) is 6.92 Å². The van der Waals surface area contributed by atoms with E-state index < -0.39 is 0 Å². The van der Waals surface area contributed by atoms with Crippen LogP contribution in [0.1, 0.15) is 5.69 Å². The Balaban J connectivity index is 2.19. The van der Waals surface area contributed by atoms with Crippen LogP contribution in [0.25, 0.3) is 16.9 Å². The summed E-state index contributed by atoms with van der Waals surface area (Å²) in [6, 6.07) is 9.76. The largest absolute Gasteiger partial charge is 0.384 e. The number of anilines is 1. The van der Waals surface area contributed by atoms with E-state index in [1.807, 2.05) is 13.0 Å². The van der Waals surface area contributed by atoms with Crippen molar-refractivity contribution < 1.29 is 4.39 Å². The second-order valence-electron chi connectivity index (χ2n) is 4.13. The number of hydrogen-bond acceptors (Lipinski definition) is 3. The van der Waals surface area contributed by atoms with Crippen molar-refractivity contribution in [3.63, 3.8) is 0 Å². The SMILES string of the molecule is Cc1cc(N)n2nc(-c3ccc(F)cc3)cc2n1. The van der Waals surface area contributed by atoms with Gasteiger partial charge in [0, 0.05) is 23.4 Å². The Morgan fingerprint density at radius 3 is 2.61 bits per heavy atom. The summed E-state index contributed by atoms with van der Waals surface area (Å²) in [5.41, 5.74) is 8.95. The molecule has 4 nitrogen and oxygen atoms in total. The van der Waals surface area contributed by atoms with E-state index in [1.54, 1.807) is 22.7 Å². The minimum atomic E-state index is -0.268. The average Bonchev–Trinajstić information content (AvgIpc) is 2.74. The molecule has 0 bridgehead atoms. The Labute approximate surface area is 103 Å². The zero-order valence-corrected chi connectivity index (χ0v) is 9.76. The van der Waals surface area contributed by atoms with Crippen LogP contribution in [0.15, 0.2) is 36.4 Å². The van der Waals surface area contributed by atoms with Crippen LogP contribution in [0.2, 0.25) is 0 Å². The molecule has 0 radical (unpaired) electrons. The number of halogens is 1. The van der Waals surface area contributed by atoms with Gasteiger partial charge in [-0.05, 0) is 31.2 Å². The van der Waals surface area contributed by atoms with Crippen molar-refractivity contribution in [1.29, 1.82) is 0 Å². The van der Waals surface area contributed by atoms with Gasteiger partial charge in [-0.25, -0.2) is 9.37 Å². The van der Waals surface area contributed by atoms with E-state index in [-0.39, 0.29) is 5.82 Å². The zero-order valence-electron chi connectivity index (χ0n) is 9.76. The third-order valence-corrected chi connectivity index (χ3v) is 2.72. The second-order valence-corrected chi connectivity index (χ2v) is 4.13. The molecular weight excluding hydrogens is 231 g/mol. The number of nitrogens with two attached hydrogens (primary N) is 1. The number of rotatable bonds is 1. The van der Waals surface area contributed by atoms with Crippen molar-refractivity contribution in [1.82, 2.24) is 14.6 Å². The lowest BCUT2D eigenvalue weighted by Gasteiger charge is -1.99. The molecule has 0 atom stereocenters. The molecule has 2 N–H and O–H groups in total. The van der Waals surface area contributed by atoms with Crippen molar-refractivity contribution in [3.05, 3.63) is 47.9 Å². The van der Waals surface area contributed by atoms with Crippen molar-refractivity contribution >= 4 is 11.5 Å². The molecule has 0 spiro atoms. The van der Waals surface area contributed by atoms with E-state index >= 15 is 0 Å². The fraction of sp³-hybridized carbons (Fsp3) is 0.0769. The highest BCUT2D eigenvalue weighted by Crippen LogP contribution is 2.21. The molecule has 0 saturated carbocycles. The Kier molecular flexibility index (Phi) is 2.26. The first-order valence-electron chi connectivity index (χ1n) is 5.52. The predicted octanol–water partition coefficient (Wildman–Crippen LogP) is 2.43. The van der Waals surface area contributed by atoms with E-state index in [4.69, 9.17) is 5.73 Å². The average molecular weight is 242 g/mol. The highest BCUT2D eigenvalue weighted by atomic mass is 19.1. The summed E-state index contributed by atoms with van der Waals surface area (Å²) in [6.45, 7) is 1.88. The number of nitrogens with zero attached hydrogens (tertiary/aromatic N) is 3. The van der Waals surface area contributed by atoms with Crippen LogP contribution in [0.4, 0.5) is 10.2 Å². The molecule has 0 unspecified atom stereocenters. The highest BCUT2D eigenvalue weighted by Gasteiger charge is 2.08. The molecule has 2 heterocycles. The van der Waals surface area contributed by atoms with Gasteiger partial charge in [0.05, 0.1) is 5.69 Å². The fourth-order valence-corrected chi connectivity index (χ4v) is 1.89. The topological polar surface area (TPSA) is 56.2 Å². The Bertz CT molecular complexity index is 716. The van der Waals surface area contributed by atoms with Crippen LogP contribution >= 0.6 is 0 Å². The Morgan fingerprint density at radius 1 is 1.17 bits per heavy atom. The lowest BCUT2D eigenvalue weighted by molar-refractivity contribution is 0.628. The molecule has 3 rings (SSSR count). The van der Waals surface area contributed by atoms with E-state index in [9.17, 15) is 4.39 Å². The maximum absolute atomic E-state index is 12.9.